The van der Waals surface area contributed by atoms with Crippen LogP contribution in [0.4, 0.5) is 0 Å². The summed E-state index contributed by atoms with van der Waals surface area (Å²) >= 11 is -0.0371. The van der Waals surface area contributed by atoms with Crippen molar-refractivity contribution in [1.29, 1.82) is 5.41 Å². The first kappa shape index (κ1) is 13.7. The molecule has 1 aromatic rings. The molecule has 17 heavy (non-hydrogen) atoms. The average molecular weight is 303 g/mol. The minimum absolute atomic E-state index is 0.0371. The van der Waals surface area contributed by atoms with Gasteiger partial charge in [0.2, 0.25) is 0 Å². The average Bonchev–Trinajstić information content (AvgIpc) is 2.34. The molecule has 0 saturated heterocycles. The van der Waals surface area contributed by atoms with E-state index in [1.807, 2.05) is 12.1 Å². The molecule has 0 aliphatic rings. The van der Waals surface area contributed by atoms with E-state index in [1.165, 1.54) is 0 Å². The summed E-state index contributed by atoms with van der Waals surface area (Å²) in [6.45, 7) is 0. The second-order valence-corrected chi connectivity index (χ2v) is 5.32. The van der Waals surface area contributed by atoms with Gasteiger partial charge in [0, 0.05) is 0 Å². The monoisotopic (exact) mass is 304 g/mol. The topological polar surface area (TPSA) is 77.6 Å². The molecule has 0 saturated carbocycles. The van der Waals surface area contributed by atoms with Gasteiger partial charge in [0.15, 0.2) is 0 Å². The molecule has 0 aromatic heterocycles. The molecule has 0 spiro atoms. The van der Waals surface area contributed by atoms with Crippen LogP contribution in [0.3, 0.4) is 0 Å². The number of nitrogens with one attached hydrogen (secondary N) is 1. The Labute approximate surface area is 107 Å². The van der Waals surface area contributed by atoms with Gasteiger partial charge < -0.3 is 0 Å². The van der Waals surface area contributed by atoms with Crippen molar-refractivity contribution < 1.29 is 14.2 Å². The van der Waals surface area contributed by atoms with Crippen molar-refractivity contribution in [1.82, 2.24) is 0 Å². The van der Waals surface area contributed by atoms with E-state index >= 15 is 0 Å². The van der Waals surface area contributed by atoms with Crippen LogP contribution in [0.1, 0.15) is 5.56 Å². The third kappa shape index (κ3) is 3.54. The molecule has 0 heterocycles. The van der Waals surface area contributed by atoms with Crippen molar-refractivity contribution >= 4 is 19.7 Å². The van der Waals surface area contributed by atoms with Crippen LogP contribution < -0.4 is 19.9 Å². The zero-order chi connectivity index (χ0) is 12.8. The Morgan fingerprint density at radius 2 is 1.71 bits per heavy atom. The first-order chi connectivity index (χ1) is 8.12. The van der Waals surface area contributed by atoms with Crippen LogP contribution in [0, 0.1) is 5.41 Å². The van der Waals surface area contributed by atoms with Crippen LogP contribution >= 0.6 is 0 Å². The third-order valence-electron chi connectivity index (χ3n) is 2.12. The molecule has 0 fully saturated rings. The van der Waals surface area contributed by atoms with Gasteiger partial charge in [0.1, 0.15) is 0 Å². The fourth-order valence-corrected chi connectivity index (χ4v) is 2.41. The molecule has 0 unspecified atom stereocenters. The molecule has 3 N–H and O–H groups in total. The Balaban J connectivity index is 3.04. The van der Waals surface area contributed by atoms with Crippen LogP contribution in [-0.4, -0.2) is 41.0 Å². The summed E-state index contributed by atoms with van der Waals surface area (Å²) in [5, 5.41) is 7.97. The molecule has 0 aliphatic heterocycles. The number of nitrogens with two attached hydrogens (primary N) is 1. The van der Waals surface area contributed by atoms with Gasteiger partial charge in [-0.3, -0.25) is 0 Å². The van der Waals surface area contributed by atoms with Crippen molar-refractivity contribution in [3.63, 3.8) is 0 Å². The van der Waals surface area contributed by atoms with Crippen LogP contribution in [0.25, 0.3) is 0 Å². The number of benzene rings is 1. The maximum atomic E-state index is 7.24. The molecule has 1 aromatic carbocycles. The van der Waals surface area contributed by atoms with E-state index in [2.05, 4.69) is 0 Å². The molecule has 0 bridgehead atoms. The fraction of sp³-hybridized carbons (Fsp3) is 0.364. The number of hydrogen-bond donors (Lipinski definition) is 2. The molecule has 1 rings (SSSR count). The number of hydrogen-bond acceptors (Lipinski definition) is 4. The summed E-state index contributed by atoms with van der Waals surface area (Å²) in [4.78, 5) is 0. The summed E-state index contributed by atoms with van der Waals surface area (Å²) in [6.07, 6.45) is 0. The van der Waals surface area contributed by atoms with E-state index in [9.17, 15) is 0 Å². The maximum absolute atomic E-state index is 7.24. The van der Waals surface area contributed by atoms with E-state index in [0.29, 0.717) is 17.2 Å². The third-order valence-corrected chi connectivity index (χ3v) is 3.77. The predicted octanol–water partition coefficient (Wildman–Crippen LogP) is 0.810. The van der Waals surface area contributed by atoms with Crippen LogP contribution in [-0.2, 0) is 5.32 Å². The van der Waals surface area contributed by atoms with Crippen LogP contribution in [0.15, 0.2) is 12.1 Å². The standard InChI is InChI=1S/C11H16N2O3Se/c1-14-8-4-7(6-17-11(12)13)5-9(15-2)10(8)16-3/h4-5H,6H2,1-3H3,(H3,12,13). The summed E-state index contributed by atoms with van der Waals surface area (Å²) in [6, 6.07) is 3.76. The van der Waals surface area contributed by atoms with E-state index in [-0.39, 0.29) is 19.7 Å². The number of methoxy groups -OCH3 is 3. The summed E-state index contributed by atoms with van der Waals surface area (Å²) in [5.41, 5.74) is 6.38. The van der Waals surface area contributed by atoms with Crippen molar-refractivity contribution in [2.75, 3.05) is 21.3 Å². The Morgan fingerprint density at radius 1 is 1.18 bits per heavy atom. The normalized spacial score (nSPS) is 9.82. The molecule has 6 heteroatoms. The first-order valence-corrected chi connectivity index (χ1v) is 6.94. The number of amidine groups is 1. The predicted molar refractivity (Wildman–Crippen MR) is 67.5 cm³/mol. The van der Waals surface area contributed by atoms with E-state index in [1.54, 1.807) is 21.3 Å². The van der Waals surface area contributed by atoms with Crippen LogP contribution in [0.2, 0.25) is 0 Å². The molecule has 94 valence electrons. The number of ether oxygens (including phenoxy) is 3. The van der Waals surface area contributed by atoms with Gasteiger partial charge in [0.05, 0.1) is 0 Å². The fourth-order valence-electron chi connectivity index (χ4n) is 1.38. The van der Waals surface area contributed by atoms with Crippen molar-refractivity contribution in [3.05, 3.63) is 17.7 Å². The van der Waals surface area contributed by atoms with Gasteiger partial charge in [0.25, 0.3) is 0 Å². The molecule has 5 nitrogen and oxygen atoms in total. The van der Waals surface area contributed by atoms with Gasteiger partial charge in [-0.2, -0.15) is 0 Å². The van der Waals surface area contributed by atoms with Crippen molar-refractivity contribution in [3.8, 4) is 17.2 Å². The van der Waals surface area contributed by atoms with Gasteiger partial charge in [-0.25, -0.2) is 0 Å². The Hall–Kier alpha value is -1.39. The second-order valence-electron chi connectivity index (χ2n) is 3.19. The van der Waals surface area contributed by atoms with Gasteiger partial charge in [-0.05, 0) is 0 Å². The first-order valence-electron chi connectivity index (χ1n) is 4.88. The number of rotatable bonds is 6. The Morgan fingerprint density at radius 3 is 2.06 bits per heavy atom. The molecule has 0 aliphatic carbocycles. The zero-order valence-electron chi connectivity index (χ0n) is 10.1. The van der Waals surface area contributed by atoms with E-state index in [4.69, 9.17) is 25.4 Å². The molecular weight excluding hydrogens is 287 g/mol. The zero-order valence-corrected chi connectivity index (χ0v) is 11.8. The van der Waals surface area contributed by atoms with Crippen molar-refractivity contribution in [2.45, 2.75) is 5.32 Å². The summed E-state index contributed by atoms with van der Waals surface area (Å²) in [5.74, 6) is 1.83. The minimum atomic E-state index is -0.0371. The second kappa shape index (κ2) is 6.37. The molecule has 0 atom stereocenters. The molecule has 0 radical (unpaired) electrons. The molecule has 0 amide bonds. The van der Waals surface area contributed by atoms with E-state index in [0.717, 1.165) is 10.9 Å². The summed E-state index contributed by atoms with van der Waals surface area (Å²) < 4.78 is 15.9. The summed E-state index contributed by atoms with van der Waals surface area (Å²) in [7, 11) is 4.73. The Bertz CT molecular complexity index is 385. The van der Waals surface area contributed by atoms with Gasteiger partial charge in [-0.15, -0.1) is 0 Å². The van der Waals surface area contributed by atoms with E-state index < -0.39 is 0 Å². The van der Waals surface area contributed by atoms with Gasteiger partial charge in [-0.1, -0.05) is 0 Å². The van der Waals surface area contributed by atoms with Gasteiger partial charge >= 0.3 is 107 Å². The molecular formula is C11H16N2O3Se. The SMILES string of the molecule is COc1cc(C[Se]C(=N)N)cc(OC)c1OC. The van der Waals surface area contributed by atoms with Crippen molar-refractivity contribution in [2.24, 2.45) is 5.73 Å². The van der Waals surface area contributed by atoms with Crippen LogP contribution in [0.5, 0.6) is 17.2 Å². The quantitative estimate of drug-likeness (QED) is 0.463. The Kier molecular flexibility index (Phi) is 5.12.